The highest BCUT2D eigenvalue weighted by atomic mass is 32.2. The Labute approximate surface area is 104 Å². The highest BCUT2D eigenvalue weighted by Gasteiger charge is 2.18. The van der Waals surface area contributed by atoms with Crippen LogP contribution in [0.1, 0.15) is 24.2 Å². The Morgan fingerprint density at radius 2 is 2.00 bits per heavy atom. The third-order valence-electron chi connectivity index (χ3n) is 2.20. The summed E-state index contributed by atoms with van der Waals surface area (Å²) < 4.78 is 0. The summed E-state index contributed by atoms with van der Waals surface area (Å²) in [5.74, 6) is 0.149. The third-order valence-corrected chi connectivity index (χ3v) is 3.12. The quantitative estimate of drug-likeness (QED) is 0.841. The number of aliphatic hydroxyl groups is 2. The lowest BCUT2D eigenvalue weighted by atomic mass is 10.0. The number of aliphatic hydroxyl groups excluding tert-OH is 2. The molecule has 0 radical (unpaired) electrons. The summed E-state index contributed by atoms with van der Waals surface area (Å²) >= 11 is 0.969. The maximum atomic E-state index is 10.7. The van der Waals surface area contributed by atoms with Gasteiger partial charge in [-0.15, -0.1) is 0 Å². The molecule has 0 bridgehead atoms. The van der Waals surface area contributed by atoms with Crippen LogP contribution >= 0.6 is 11.8 Å². The van der Waals surface area contributed by atoms with E-state index in [0.29, 0.717) is 11.1 Å². The molecule has 2 unspecified atom stereocenters. The Morgan fingerprint density at radius 3 is 2.47 bits per heavy atom. The maximum Gasteiger partial charge on any atom is 0.185 e. The van der Waals surface area contributed by atoms with Gasteiger partial charge in [0.2, 0.25) is 0 Å². The van der Waals surface area contributed by atoms with Gasteiger partial charge in [0.1, 0.15) is 6.10 Å². The van der Waals surface area contributed by atoms with Crippen molar-refractivity contribution in [3.8, 4) is 6.07 Å². The molecule has 0 aliphatic carbocycles. The minimum atomic E-state index is -1.05. The van der Waals surface area contributed by atoms with E-state index < -0.39 is 12.2 Å². The molecule has 0 aliphatic rings. The first-order chi connectivity index (χ1) is 8.04. The zero-order valence-corrected chi connectivity index (χ0v) is 10.1. The van der Waals surface area contributed by atoms with Gasteiger partial charge in [-0.25, -0.2) is 0 Å². The van der Waals surface area contributed by atoms with Crippen molar-refractivity contribution in [1.82, 2.24) is 0 Å². The van der Waals surface area contributed by atoms with Gasteiger partial charge in [-0.1, -0.05) is 23.9 Å². The van der Waals surface area contributed by atoms with E-state index in [0.717, 1.165) is 11.8 Å². The number of carbonyl (C=O) groups excluding carboxylic acids is 1. The number of thioether (sulfide) groups is 1. The molecule has 4 nitrogen and oxygen atoms in total. The maximum absolute atomic E-state index is 10.7. The predicted octanol–water partition coefficient (Wildman–Crippen LogP) is 1.23. The summed E-state index contributed by atoms with van der Waals surface area (Å²) in [4.78, 5) is 10.7. The van der Waals surface area contributed by atoms with Gasteiger partial charge in [0.15, 0.2) is 5.12 Å². The van der Waals surface area contributed by atoms with Crippen molar-refractivity contribution in [2.45, 2.75) is 19.1 Å². The SMILES string of the molecule is CC(=O)SCC(O)C(O)c1ccc(C#N)cc1. The van der Waals surface area contributed by atoms with Crippen LogP contribution < -0.4 is 0 Å². The van der Waals surface area contributed by atoms with Crippen LogP contribution in [0, 0.1) is 11.3 Å². The fourth-order valence-electron chi connectivity index (χ4n) is 1.27. The van der Waals surface area contributed by atoms with Crippen LogP contribution in [0.25, 0.3) is 0 Å². The molecule has 2 atom stereocenters. The van der Waals surface area contributed by atoms with Gasteiger partial charge < -0.3 is 10.2 Å². The van der Waals surface area contributed by atoms with Crippen LogP contribution in [0.5, 0.6) is 0 Å². The van der Waals surface area contributed by atoms with Gasteiger partial charge in [-0.3, -0.25) is 4.79 Å². The highest BCUT2D eigenvalue weighted by molar-refractivity contribution is 8.13. The summed E-state index contributed by atoms with van der Waals surface area (Å²) in [6.45, 7) is 1.41. The molecule has 5 heteroatoms. The Hall–Kier alpha value is -1.35. The van der Waals surface area contributed by atoms with Crippen molar-refractivity contribution in [3.05, 3.63) is 35.4 Å². The molecule has 0 saturated carbocycles. The average molecular weight is 251 g/mol. The highest BCUT2D eigenvalue weighted by Crippen LogP contribution is 2.20. The molecule has 1 aromatic rings. The Balaban J connectivity index is 2.64. The molecule has 0 aliphatic heterocycles. The lowest BCUT2D eigenvalue weighted by Crippen LogP contribution is -2.21. The van der Waals surface area contributed by atoms with Crippen LogP contribution in [0.4, 0.5) is 0 Å². The second-order valence-corrected chi connectivity index (χ2v) is 4.75. The zero-order valence-electron chi connectivity index (χ0n) is 9.33. The van der Waals surface area contributed by atoms with Gasteiger partial charge in [0.05, 0.1) is 17.7 Å². The predicted molar refractivity (Wildman–Crippen MR) is 65.3 cm³/mol. The summed E-state index contributed by atoms with van der Waals surface area (Å²) in [7, 11) is 0. The second kappa shape index (κ2) is 6.40. The molecule has 1 rings (SSSR count). The van der Waals surface area contributed by atoms with Gasteiger partial charge in [0, 0.05) is 12.7 Å². The molecular weight excluding hydrogens is 238 g/mol. The van der Waals surface area contributed by atoms with E-state index in [2.05, 4.69) is 0 Å². The molecule has 90 valence electrons. The van der Waals surface area contributed by atoms with E-state index in [-0.39, 0.29) is 10.9 Å². The first-order valence-electron chi connectivity index (χ1n) is 5.04. The van der Waals surface area contributed by atoms with E-state index in [1.807, 2.05) is 6.07 Å². The summed E-state index contributed by atoms with van der Waals surface area (Å²) in [5.41, 5.74) is 1.02. The number of rotatable bonds is 4. The number of nitrogens with zero attached hydrogens (tertiary/aromatic N) is 1. The first-order valence-corrected chi connectivity index (χ1v) is 6.02. The molecular formula is C12H13NO3S. The number of nitriles is 1. The largest absolute Gasteiger partial charge is 0.389 e. The number of carbonyl (C=O) groups is 1. The van der Waals surface area contributed by atoms with Crippen LogP contribution in [0.2, 0.25) is 0 Å². The van der Waals surface area contributed by atoms with Crippen LogP contribution in [-0.2, 0) is 4.79 Å². The van der Waals surface area contributed by atoms with Crippen molar-refractivity contribution >= 4 is 16.9 Å². The fourth-order valence-corrected chi connectivity index (χ4v) is 1.86. The number of hydrogen-bond donors (Lipinski definition) is 2. The van der Waals surface area contributed by atoms with E-state index >= 15 is 0 Å². The number of benzene rings is 1. The van der Waals surface area contributed by atoms with Crippen LogP contribution in [0.15, 0.2) is 24.3 Å². The van der Waals surface area contributed by atoms with Crippen molar-refractivity contribution in [2.24, 2.45) is 0 Å². The molecule has 0 spiro atoms. The van der Waals surface area contributed by atoms with Gasteiger partial charge in [-0.05, 0) is 17.7 Å². The molecule has 0 saturated heterocycles. The summed E-state index contributed by atoms with van der Waals surface area (Å²) in [6, 6.07) is 8.29. The average Bonchev–Trinajstić information content (AvgIpc) is 2.35. The molecule has 0 aromatic heterocycles. The lowest BCUT2D eigenvalue weighted by molar-refractivity contribution is -0.109. The van der Waals surface area contributed by atoms with Crippen molar-refractivity contribution in [1.29, 1.82) is 5.26 Å². The molecule has 2 N–H and O–H groups in total. The van der Waals surface area contributed by atoms with Gasteiger partial charge >= 0.3 is 0 Å². The Morgan fingerprint density at radius 1 is 1.41 bits per heavy atom. The topological polar surface area (TPSA) is 81.3 Å². The first kappa shape index (κ1) is 13.7. The second-order valence-electron chi connectivity index (χ2n) is 3.55. The normalized spacial score (nSPS) is 13.8. The van der Waals surface area contributed by atoms with Crippen molar-refractivity contribution in [2.75, 3.05) is 5.75 Å². The van der Waals surface area contributed by atoms with Gasteiger partial charge in [0.25, 0.3) is 0 Å². The fraction of sp³-hybridized carbons (Fsp3) is 0.333. The molecule has 0 fully saturated rings. The molecule has 0 heterocycles. The third kappa shape index (κ3) is 4.19. The molecule has 1 aromatic carbocycles. The van der Waals surface area contributed by atoms with Crippen molar-refractivity contribution in [3.63, 3.8) is 0 Å². The minimum absolute atomic E-state index is 0.101. The summed E-state index contributed by atoms with van der Waals surface area (Å²) in [6.07, 6.45) is -2.05. The number of hydrogen-bond acceptors (Lipinski definition) is 5. The minimum Gasteiger partial charge on any atom is -0.389 e. The van der Waals surface area contributed by atoms with Crippen molar-refractivity contribution < 1.29 is 15.0 Å². The monoisotopic (exact) mass is 251 g/mol. The lowest BCUT2D eigenvalue weighted by Gasteiger charge is -2.17. The van der Waals surface area contributed by atoms with E-state index in [9.17, 15) is 15.0 Å². The summed E-state index contributed by atoms with van der Waals surface area (Å²) in [5, 5.41) is 28.0. The Kier molecular flexibility index (Phi) is 5.16. The zero-order chi connectivity index (χ0) is 12.8. The standard InChI is InChI=1S/C12H13NO3S/c1-8(14)17-7-11(15)12(16)10-4-2-9(6-13)3-5-10/h2-5,11-12,15-16H,7H2,1H3. The Bertz CT molecular complexity index is 424. The van der Waals surface area contributed by atoms with Crippen LogP contribution in [-0.4, -0.2) is 27.2 Å². The van der Waals surface area contributed by atoms with Crippen LogP contribution in [0.3, 0.4) is 0 Å². The molecule has 0 amide bonds. The van der Waals surface area contributed by atoms with Gasteiger partial charge in [-0.2, -0.15) is 5.26 Å². The van der Waals surface area contributed by atoms with E-state index in [1.165, 1.54) is 6.92 Å². The van der Waals surface area contributed by atoms with E-state index in [1.54, 1.807) is 24.3 Å². The molecule has 17 heavy (non-hydrogen) atoms. The van der Waals surface area contributed by atoms with E-state index in [4.69, 9.17) is 5.26 Å². The smallest absolute Gasteiger partial charge is 0.185 e.